The summed E-state index contributed by atoms with van der Waals surface area (Å²) in [7, 11) is 3.42. The van der Waals surface area contributed by atoms with Crippen molar-refractivity contribution >= 4 is 11.6 Å². The highest BCUT2D eigenvalue weighted by molar-refractivity contribution is 5.46. The molecule has 3 aromatic heterocycles. The fraction of sp³-hybridized carbons (Fsp3) is 0.154. The van der Waals surface area contributed by atoms with Gasteiger partial charge in [-0.25, -0.2) is 15.0 Å². The van der Waals surface area contributed by atoms with Gasteiger partial charge in [-0.15, -0.1) is 0 Å². The van der Waals surface area contributed by atoms with E-state index in [9.17, 15) is 5.26 Å². The number of nitrogens with zero attached hydrogens (tertiary/aromatic N) is 4. The zero-order chi connectivity index (χ0) is 23.2. The summed E-state index contributed by atoms with van der Waals surface area (Å²) in [5, 5.41) is 12.6. The SMILES string of the molecule is CNc1cccc(C(c2cccc(N)n2)C(c2cccc(C#N)c2)c2cccc(OC)n2)n1. The van der Waals surface area contributed by atoms with Gasteiger partial charge in [0.2, 0.25) is 5.88 Å². The van der Waals surface area contributed by atoms with Crippen LogP contribution in [0, 0.1) is 11.3 Å². The lowest BCUT2D eigenvalue weighted by Gasteiger charge is -2.27. The Labute approximate surface area is 192 Å². The molecule has 0 bridgehead atoms. The topological polar surface area (TPSA) is 110 Å². The van der Waals surface area contributed by atoms with Gasteiger partial charge in [-0.3, -0.25) is 0 Å². The summed E-state index contributed by atoms with van der Waals surface area (Å²) in [4.78, 5) is 14.2. The van der Waals surface area contributed by atoms with Crippen LogP contribution in [0.15, 0.2) is 78.9 Å². The zero-order valence-electron chi connectivity index (χ0n) is 18.4. The van der Waals surface area contributed by atoms with Crippen molar-refractivity contribution in [2.24, 2.45) is 0 Å². The number of aromatic nitrogens is 3. The number of methoxy groups -OCH3 is 1. The Balaban J connectivity index is 2.00. The molecule has 4 rings (SSSR count). The second kappa shape index (κ2) is 9.79. The largest absolute Gasteiger partial charge is 0.481 e. The van der Waals surface area contributed by atoms with E-state index < -0.39 is 0 Å². The van der Waals surface area contributed by atoms with Crippen molar-refractivity contribution in [2.45, 2.75) is 11.8 Å². The van der Waals surface area contributed by atoms with Gasteiger partial charge in [-0.05, 0) is 48.0 Å². The first kappa shape index (κ1) is 21.8. The average Bonchev–Trinajstić information content (AvgIpc) is 2.87. The first-order chi connectivity index (χ1) is 16.1. The third-order valence-electron chi connectivity index (χ3n) is 5.44. The summed E-state index contributed by atoms with van der Waals surface area (Å²) >= 11 is 0. The molecule has 4 aromatic rings. The monoisotopic (exact) mass is 436 g/mol. The number of hydrogen-bond acceptors (Lipinski definition) is 7. The first-order valence-electron chi connectivity index (χ1n) is 10.5. The predicted molar refractivity (Wildman–Crippen MR) is 128 cm³/mol. The fourth-order valence-corrected chi connectivity index (χ4v) is 3.95. The van der Waals surface area contributed by atoms with Crippen molar-refractivity contribution in [3.8, 4) is 11.9 Å². The third kappa shape index (κ3) is 4.75. The highest BCUT2D eigenvalue weighted by Gasteiger charge is 2.32. The van der Waals surface area contributed by atoms with Gasteiger partial charge >= 0.3 is 0 Å². The Hall–Kier alpha value is -4.44. The maximum Gasteiger partial charge on any atom is 0.213 e. The standard InChI is InChI=1S/C26H24N6O/c1-29-23-13-5-10-21(31-23)26(20-9-4-12-22(28)30-20)25(18-8-3-7-17(15-18)16-27)19-11-6-14-24(32-19)33-2/h3-15,25-26H,1-2H3,(H2,28,30)(H,29,31). The summed E-state index contributed by atoms with van der Waals surface area (Å²) in [6, 6.07) is 26.8. The fourth-order valence-electron chi connectivity index (χ4n) is 3.95. The lowest BCUT2D eigenvalue weighted by atomic mass is 9.78. The number of anilines is 2. The molecule has 0 aliphatic heterocycles. The smallest absolute Gasteiger partial charge is 0.213 e. The number of benzene rings is 1. The minimum absolute atomic E-state index is 0.303. The van der Waals surface area contributed by atoms with Crippen molar-refractivity contribution < 1.29 is 4.74 Å². The van der Waals surface area contributed by atoms with E-state index in [2.05, 4.69) is 16.4 Å². The highest BCUT2D eigenvalue weighted by Crippen LogP contribution is 2.42. The molecule has 2 unspecified atom stereocenters. The summed E-state index contributed by atoms with van der Waals surface area (Å²) in [5.41, 5.74) is 9.89. The number of nitriles is 1. The molecule has 0 radical (unpaired) electrons. The number of nitrogens with one attached hydrogen (secondary N) is 1. The van der Waals surface area contributed by atoms with E-state index in [1.807, 2.05) is 67.7 Å². The van der Waals surface area contributed by atoms with E-state index in [-0.39, 0.29) is 11.8 Å². The van der Waals surface area contributed by atoms with Crippen molar-refractivity contribution in [2.75, 3.05) is 25.2 Å². The molecule has 0 spiro atoms. The third-order valence-corrected chi connectivity index (χ3v) is 5.44. The Morgan fingerprint density at radius 1 is 0.848 bits per heavy atom. The lowest BCUT2D eigenvalue weighted by molar-refractivity contribution is 0.395. The number of hydrogen-bond donors (Lipinski definition) is 2. The molecule has 0 fully saturated rings. The van der Waals surface area contributed by atoms with Gasteiger partial charge in [0.1, 0.15) is 11.6 Å². The van der Waals surface area contributed by atoms with Crippen LogP contribution in [-0.4, -0.2) is 29.1 Å². The van der Waals surface area contributed by atoms with Gasteiger partial charge in [0, 0.05) is 19.0 Å². The molecule has 0 saturated carbocycles. The van der Waals surface area contributed by atoms with Crippen LogP contribution < -0.4 is 15.8 Å². The van der Waals surface area contributed by atoms with Gasteiger partial charge < -0.3 is 15.8 Å². The zero-order valence-corrected chi connectivity index (χ0v) is 18.4. The van der Waals surface area contributed by atoms with Crippen molar-refractivity contribution in [3.63, 3.8) is 0 Å². The van der Waals surface area contributed by atoms with Crippen LogP contribution in [0.5, 0.6) is 5.88 Å². The summed E-state index contributed by atoms with van der Waals surface area (Å²) in [5.74, 6) is 1.04. The van der Waals surface area contributed by atoms with E-state index in [4.69, 9.17) is 20.4 Å². The second-order valence-corrected chi connectivity index (χ2v) is 7.48. The quantitative estimate of drug-likeness (QED) is 0.443. The van der Waals surface area contributed by atoms with E-state index in [1.54, 1.807) is 25.3 Å². The average molecular weight is 437 g/mol. The minimum atomic E-state index is -0.324. The van der Waals surface area contributed by atoms with Gasteiger partial charge in [-0.2, -0.15) is 5.26 Å². The molecule has 0 aliphatic carbocycles. The molecule has 0 amide bonds. The van der Waals surface area contributed by atoms with Crippen LogP contribution in [0.2, 0.25) is 0 Å². The maximum atomic E-state index is 9.54. The summed E-state index contributed by atoms with van der Waals surface area (Å²) in [6.45, 7) is 0. The highest BCUT2D eigenvalue weighted by atomic mass is 16.5. The van der Waals surface area contributed by atoms with Crippen LogP contribution >= 0.6 is 0 Å². The first-order valence-corrected chi connectivity index (χ1v) is 10.5. The number of rotatable bonds is 7. The Bertz CT molecular complexity index is 1300. The van der Waals surface area contributed by atoms with Gasteiger partial charge in [0.25, 0.3) is 0 Å². The van der Waals surface area contributed by atoms with Crippen LogP contribution in [0.4, 0.5) is 11.6 Å². The molecule has 164 valence electrons. The van der Waals surface area contributed by atoms with Crippen LogP contribution in [0.1, 0.15) is 40.0 Å². The van der Waals surface area contributed by atoms with Crippen LogP contribution in [0.3, 0.4) is 0 Å². The van der Waals surface area contributed by atoms with Crippen molar-refractivity contribution in [1.82, 2.24) is 15.0 Å². The normalized spacial score (nSPS) is 12.4. The molecule has 7 heteroatoms. The second-order valence-electron chi connectivity index (χ2n) is 7.48. The molecular formula is C26H24N6O. The van der Waals surface area contributed by atoms with Gasteiger partial charge in [0.05, 0.1) is 41.7 Å². The van der Waals surface area contributed by atoms with E-state index in [0.717, 1.165) is 28.5 Å². The number of nitrogen functional groups attached to an aromatic ring is 1. The summed E-state index contributed by atoms with van der Waals surface area (Å²) < 4.78 is 5.41. The molecule has 0 aliphatic rings. The lowest BCUT2D eigenvalue weighted by Crippen LogP contribution is -2.19. The van der Waals surface area contributed by atoms with Crippen molar-refractivity contribution in [1.29, 1.82) is 5.26 Å². The van der Waals surface area contributed by atoms with Crippen LogP contribution in [0.25, 0.3) is 0 Å². The van der Waals surface area contributed by atoms with Gasteiger partial charge in [-0.1, -0.05) is 30.3 Å². The van der Waals surface area contributed by atoms with E-state index in [1.165, 1.54) is 0 Å². The van der Waals surface area contributed by atoms with Gasteiger partial charge in [0.15, 0.2) is 0 Å². The summed E-state index contributed by atoms with van der Waals surface area (Å²) in [6.07, 6.45) is 0. The Morgan fingerprint density at radius 2 is 1.52 bits per heavy atom. The van der Waals surface area contributed by atoms with E-state index in [0.29, 0.717) is 17.3 Å². The molecule has 3 N–H and O–H groups in total. The number of nitrogens with two attached hydrogens (primary N) is 1. The Morgan fingerprint density at radius 3 is 2.21 bits per heavy atom. The number of pyridine rings is 3. The Kier molecular flexibility index (Phi) is 6.46. The molecule has 1 aromatic carbocycles. The number of ether oxygens (including phenoxy) is 1. The molecular weight excluding hydrogens is 412 g/mol. The molecule has 3 heterocycles. The predicted octanol–water partition coefficient (Wildman–Crippen LogP) is 4.34. The minimum Gasteiger partial charge on any atom is -0.481 e. The molecule has 0 saturated heterocycles. The van der Waals surface area contributed by atoms with Crippen LogP contribution in [-0.2, 0) is 0 Å². The molecule has 7 nitrogen and oxygen atoms in total. The maximum absolute atomic E-state index is 9.54. The molecule has 33 heavy (non-hydrogen) atoms. The van der Waals surface area contributed by atoms with E-state index >= 15 is 0 Å². The van der Waals surface area contributed by atoms with Crippen molar-refractivity contribution in [3.05, 3.63) is 107 Å². The molecule has 2 atom stereocenters.